The van der Waals surface area contributed by atoms with Crippen LogP contribution >= 0.6 is 11.3 Å². The summed E-state index contributed by atoms with van der Waals surface area (Å²) in [6, 6.07) is 2.67. The molecule has 1 saturated heterocycles. The highest BCUT2D eigenvalue weighted by atomic mass is 32.1. The van der Waals surface area contributed by atoms with Crippen LogP contribution in [0.4, 0.5) is 15.6 Å². The lowest BCUT2D eigenvalue weighted by Gasteiger charge is -2.35. The number of anilines is 2. The Morgan fingerprint density at radius 2 is 1.81 bits per heavy atom. The molecule has 1 aliphatic heterocycles. The van der Waals surface area contributed by atoms with E-state index in [9.17, 15) is 19.5 Å². The first-order valence-corrected chi connectivity index (χ1v) is 13.0. The summed E-state index contributed by atoms with van der Waals surface area (Å²) < 4.78 is 4.97. The summed E-state index contributed by atoms with van der Waals surface area (Å²) in [5, 5.41) is 15.2. The van der Waals surface area contributed by atoms with Crippen LogP contribution in [0.15, 0.2) is 24.5 Å². The molecule has 3 rings (SSSR count). The van der Waals surface area contributed by atoms with Crippen molar-refractivity contribution < 1.29 is 24.2 Å². The minimum Gasteiger partial charge on any atom is -0.480 e. The minimum absolute atomic E-state index is 0.01000. The zero-order valence-corrected chi connectivity index (χ0v) is 21.7. The van der Waals surface area contributed by atoms with Gasteiger partial charge in [0.05, 0.1) is 12.3 Å². The van der Waals surface area contributed by atoms with Crippen LogP contribution in [0.1, 0.15) is 54.9 Å². The first kappa shape index (κ1) is 27.2. The molecule has 0 bridgehead atoms. The van der Waals surface area contributed by atoms with Gasteiger partial charge in [-0.3, -0.25) is 9.78 Å². The number of piperazine rings is 1. The molecule has 2 amide bonds. The number of hydrogen-bond acceptors (Lipinski definition) is 9. The fourth-order valence-corrected chi connectivity index (χ4v) is 4.88. The van der Waals surface area contributed by atoms with E-state index in [2.05, 4.69) is 25.4 Å². The molecule has 11 nitrogen and oxygen atoms in total. The minimum atomic E-state index is -1.31. The van der Waals surface area contributed by atoms with Crippen molar-refractivity contribution in [2.75, 3.05) is 49.1 Å². The van der Waals surface area contributed by atoms with Crippen molar-refractivity contribution in [1.29, 1.82) is 0 Å². The van der Waals surface area contributed by atoms with Crippen molar-refractivity contribution in [2.45, 2.75) is 45.6 Å². The number of carbonyl (C=O) groups is 3. The highest BCUT2D eigenvalue weighted by Crippen LogP contribution is 2.31. The van der Waals surface area contributed by atoms with Gasteiger partial charge in [-0.15, -0.1) is 0 Å². The summed E-state index contributed by atoms with van der Waals surface area (Å²) in [7, 11) is 0. The van der Waals surface area contributed by atoms with Crippen LogP contribution in [0.3, 0.4) is 0 Å². The van der Waals surface area contributed by atoms with Crippen LogP contribution in [0, 0.1) is 0 Å². The van der Waals surface area contributed by atoms with Gasteiger partial charge in [-0.2, -0.15) is 0 Å². The smallest absolute Gasteiger partial charge is 0.407 e. The van der Waals surface area contributed by atoms with Crippen molar-refractivity contribution in [3.8, 4) is 0 Å². The molecule has 1 fully saturated rings. The number of carboxylic acids is 1. The Bertz CT molecular complexity index is 1020. The normalized spacial score (nSPS) is 14.4. The molecular weight excluding hydrogens is 484 g/mol. The Kier molecular flexibility index (Phi) is 9.86. The second-order valence-electron chi connectivity index (χ2n) is 8.78. The number of amides is 2. The maximum absolute atomic E-state index is 13.0. The number of carboxylic acid groups (broad SMARTS) is 1. The fourth-order valence-electron chi connectivity index (χ4n) is 3.69. The van der Waals surface area contributed by atoms with E-state index in [1.165, 1.54) is 11.3 Å². The molecule has 0 radical (unpaired) electrons. The molecule has 0 unspecified atom stereocenters. The molecule has 1 aliphatic rings. The number of ether oxygens (including phenoxy) is 1. The fraction of sp³-hybridized carbons (Fsp3) is 0.542. The Morgan fingerprint density at radius 1 is 1.14 bits per heavy atom. The number of nitrogens with one attached hydrogen (secondary N) is 2. The molecule has 3 N–H and O–H groups in total. The Morgan fingerprint density at radius 3 is 2.42 bits per heavy atom. The van der Waals surface area contributed by atoms with Gasteiger partial charge >= 0.3 is 12.1 Å². The van der Waals surface area contributed by atoms with Gasteiger partial charge in [0, 0.05) is 50.8 Å². The molecule has 0 spiro atoms. The molecular formula is C24H34N6O5S. The molecule has 0 aliphatic carbocycles. The number of alkyl carbamates (subject to hydrolysis) is 1. The molecule has 12 heteroatoms. The van der Waals surface area contributed by atoms with Gasteiger partial charge in [-0.05, 0) is 24.5 Å². The zero-order chi connectivity index (χ0) is 26.1. The van der Waals surface area contributed by atoms with Crippen molar-refractivity contribution in [1.82, 2.24) is 20.6 Å². The molecule has 3 heterocycles. The maximum atomic E-state index is 13.0. The van der Waals surface area contributed by atoms with E-state index in [1.54, 1.807) is 12.4 Å². The van der Waals surface area contributed by atoms with Crippen molar-refractivity contribution in [3.05, 3.63) is 35.1 Å². The van der Waals surface area contributed by atoms with Crippen LogP contribution < -0.4 is 20.4 Å². The third-order valence-electron chi connectivity index (χ3n) is 5.76. The highest BCUT2D eigenvalue weighted by Gasteiger charge is 2.27. The van der Waals surface area contributed by atoms with Gasteiger partial charge in [-0.1, -0.05) is 38.5 Å². The Labute approximate surface area is 214 Å². The summed E-state index contributed by atoms with van der Waals surface area (Å²) in [6.45, 7) is 8.99. The number of hydrogen-bond donors (Lipinski definition) is 3. The van der Waals surface area contributed by atoms with E-state index >= 15 is 0 Å². The van der Waals surface area contributed by atoms with Crippen molar-refractivity contribution in [3.63, 3.8) is 0 Å². The summed E-state index contributed by atoms with van der Waals surface area (Å²) in [5.74, 6) is -1.66. The van der Waals surface area contributed by atoms with E-state index in [4.69, 9.17) is 9.72 Å². The summed E-state index contributed by atoms with van der Waals surface area (Å²) in [6.07, 6.45) is 4.27. The molecule has 36 heavy (non-hydrogen) atoms. The number of thiazole rings is 1. The number of aliphatic carboxylic acids is 1. The second-order valence-corrected chi connectivity index (χ2v) is 9.76. The Hall–Kier alpha value is -3.41. The number of rotatable bonds is 11. The molecule has 196 valence electrons. The average Bonchev–Trinajstić information content (AvgIpc) is 3.33. The monoisotopic (exact) mass is 518 g/mol. The largest absolute Gasteiger partial charge is 0.480 e. The second kappa shape index (κ2) is 13.1. The zero-order valence-electron chi connectivity index (χ0n) is 20.9. The summed E-state index contributed by atoms with van der Waals surface area (Å²) in [5.41, 5.74) is 1.80. The number of unbranched alkanes of at least 4 members (excludes halogenated alkanes) is 1. The van der Waals surface area contributed by atoms with Crippen LogP contribution in [0.5, 0.6) is 0 Å². The topological polar surface area (TPSA) is 137 Å². The van der Waals surface area contributed by atoms with Gasteiger partial charge in [-0.25, -0.2) is 14.6 Å². The predicted octanol–water partition coefficient (Wildman–Crippen LogP) is 2.70. The standard InChI is InChI=1S/C24H34N6O5S/c1-4-5-14-35-24(34)27-18(22(32)33)15-26-21(31)20-19(16(2)3)28-23(36-20)30-12-10-29(11-13-30)17-6-8-25-9-7-17/h6-9,16,18H,4-5,10-15H2,1-3H3,(H,26,31)(H,27,34)(H,32,33)/t18-/m0/s1. The van der Waals surface area contributed by atoms with Gasteiger partial charge in [0.1, 0.15) is 10.9 Å². The maximum Gasteiger partial charge on any atom is 0.407 e. The summed E-state index contributed by atoms with van der Waals surface area (Å²) in [4.78, 5) is 50.2. The number of carbonyl (C=O) groups excluding carboxylic acids is 2. The molecule has 1 atom stereocenters. The Balaban J connectivity index is 1.62. The lowest BCUT2D eigenvalue weighted by molar-refractivity contribution is -0.139. The lowest BCUT2D eigenvalue weighted by Crippen LogP contribution is -2.48. The third-order valence-corrected chi connectivity index (χ3v) is 6.89. The molecule has 2 aromatic rings. The SMILES string of the molecule is CCCCOC(=O)N[C@@H](CNC(=O)c1sc(N2CCN(c3ccncc3)CC2)nc1C(C)C)C(=O)O. The van der Waals surface area contributed by atoms with Crippen LogP contribution in [0.25, 0.3) is 0 Å². The van der Waals surface area contributed by atoms with Gasteiger partial charge in [0.2, 0.25) is 0 Å². The van der Waals surface area contributed by atoms with E-state index < -0.39 is 24.0 Å². The first-order valence-electron chi connectivity index (χ1n) is 12.1. The van der Waals surface area contributed by atoms with Crippen LogP contribution in [-0.4, -0.2) is 78.4 Å². The van der Waals surface area contributed by atoms with Crippen LogP contribution in [-0.2, 0) is 9.53 Å². The lowest BCUT2D eigenvalue weighted by atomic mass is 10.1. The van der Waals surface area contributed by atoms with E-state index in [0.29, 0.717) is 17.0 Å². The van der Waals surface area contributed by atoms with Crippen molar-refractivity contribution >= 4 is 40.1 Å². The van der Waals surface area contributed by atoms with Gasteiger partial charge in [0.15, 0.2) is 5.13 Å². The van der Waals surface area contributed by atoms with Gasteiger partial charge in [0.25, 0.3) is 5.91 Å². The van der Waals surface area contributed by atoms with Crippen molar-refractivity contribution in [2.24, 2.45) is 0 Å². The third kappa shape index (κ3) is 7.30. The number of nitrogens with zero attached hydrogens (tertiary/aromatic N) is 4. The van der Waals surface area contributed by atoms with Gasteiger partial charge < -0.3 is 30.3 Å². The highest BCUT2D eigenvalue weighted by molar-refractivity contribution is 7.17. The van der Waals surface area contributed by atoms with E-state index in [-0.39, 0.29) is 19.1 Å². The predicted molar refractivity (Wildman–Crippen MR) is 138 cm³/mol. The molecule has 0 saturated carbocycles. The average molecular weight is 519 g/mol. The van der Waals surface area contributed by atoms with E-state index in [1.807, 2.05) is 32.9 Å². The van der Waals surface area contributed by atoms with E-state index in [0.717, 1.165) is 43.4 Å². The summed E-state index contributed by atoms with van der Waals surface area (Å²) >= 11 is 1.30. The quantitative estimate of drug-likeness (QED) is 0.383. The molecule has 2 aromatic heterocycles. The van der Waals surface area contributed by atoms with Crippen LogP contribution in [0.2, 0.25) is 0 Å². The number of pyridine rings is 1. The molecule has 0 aromatic carbocycles. The number of aromatic nitrogens is 2. The first-order chi connectivity index (χ1) is 17.3.